The number of aromatic nitrogens is 2. The quantitative estimate of drug-likeness (QED) is 0.561. The van der Waals surface area contributed by atoms with Crippen molar-refractivity contribution in [2.24, 2.45) is 5.73 Å². The van der Waals surface area contributed by atoms with Gasteiger partial charge in [0.05, 0.1) is 12.4 Å². The fourth-order valence-electron chi connectivity index (χ4n) is 1.23. The van der Waals surface area contributed by atoms with Crippen LogP contribution in [0, 0.1) is 0 Å². The van der Waals surface area contributed by atoms with E-state index in [-0.39, 0.29) is 5.97 Å². The van der Waals surface area contributed by atoms with E-state index in [0.717, 1.165) is 12.2 Å². The summed E-state index contributed by atoms with van der Waals surface area (Å²) < 4.78 is 10.2. The van der Waals surface area contributed by atoms with Crippen LogP contribution in [0.15, 0.2) is 4.42 Å². The largest absolute Gasteiger partial charge is 0.465 e. The number of carbonyl (C=O) groups excluding carboxylic acids is 1. The van der Waals surface area contributed by atoms with Gasteiger partial charge in [0, 0.05) is 6.42 Å². The van der Waals surface area contributed by atoms with Crippen molar-refractivity contribution >= 4 is 17.7 Å². The topological polar surface area (TPSA) is 91.2 Å². The number of nitrogens with two attached hydrogens (primary N) is 1. The molecule has 1 aromatic rings. The van der Waals surface area contributed by atoms with Crippen LogP contribution in [0.3, 0.4) is 0 Å². The molecular weight excluding hydrogens is 254 g/mol. The van der Waals surface area contributed by atoms with Gasteiger partial charge in [-0.3, -0.25) is 4.79 Å². The van der Waals surface area contributed by atoms with Gasteiger partial charge in [-0.25, -0.2) is 0 Å². The molecule has 102 valence electrons. The minimum absolute atomic E-state index is 0.343. The second kappa shape index (κ2) is 8.10. The molecule has 1 atom stereocenters. The Kier molecular flexibility index (Phi) is 6.74. The summed E-state index contributed by atoms with van der Waals surface area (Å²) >= 11 is 1.61. The summed E-state index contributed by atoms with van der Waals surface area (Å²) in [7, 11) is 0. The lowest BCUT2D eigenvalue weighted by atomic mass is 10.2. The highest BCUT2D eigenvalue weighted by Gasteiger charge is 2.14. The molecule has 0 saturated carbocycles. The Bertz CT molecular complexity index is 370. The first-order valence-electron chi connectivity index (χ1n) is 5.98. The molecule has 0 aliphatic carbocycles. The third-order valence-corrected chi connectivity index (χ3v) is 3.17. The van der Waals surface area contributed by atoms with E-state index in [0.29, 0.717) is 30.6 Å². The van der Waals surface area contributed by atoms with E-state index < -0.39 is 6.04 Å². The van der Waals surface area contributed by atoms with Crippen LogP contribution in [0.2, 0.25) is 0 Å². The van der Waals surface area contributed by atoms with Crippen LogP contribution in [0.25, 0.3) is 0 Å². The maximum absolute atomic E-state index is 11.3. The molecule has 1 rings (SSSR count). The lowest BCUT2D eigenvalue weighted by Crippen LogP contribution is -2.32. The third kappa shape index (κ3) is 5.05. The zero-order valence-electron chi connectivity index (χ0n) is 10.7. The van der Waals surface area contributed by atoms with Crippen LogP contribution >= 0.6 is 11.8 Å². The van der Waals surface area contributed by atoms with Crippen LogP contribution in [0.4, 0.5) is 0 Å². The first-order chi connectivity index (χ1) is 8.67. The van der Waals surface area contributed by atoms with Crippen molar-refractivity contribution in [3.63, 3.8) is 0 Å². The van der Waals surface area contributed by atoms with Gasteiger partial charge in [-0.2, -0.15) is 11.8 Å². The summed E-state index contributed by atoms with van der Waals surface area (Å²) in [6, 6.07) is -0.550. The van der Waals surface area contributed by atoms with Crippen molar-refractivity contribution in [1.29, 1.82) is 0 Å². The van der Waals surface area contributed by atoms with E-state index in [1.54, 1.807) is 18.7 Å². The summed E-state index contributed by atoms with van der Waals surface area (Å²) in [5.74, 6) is 2.31. The smallest absolute Gasteiger partial charge is 0.322 e. The lowest BCUT2D eigenvalue weighted by Gasteiger charge is -2.09. The fraction of sp³-hybridized carbons (Fsp3) is 0.727. The highest BCUT2D eigenvalue weighted by molar-refractivity contribution is 7.98. The van der Waals surface area contributed by atoms with E-state index in [4.69, 9.17) is 14.9 Å². The Balaban J connectivity index is 2.16. The summed E-state index contributed by atoms with van der Waals surface area (Å²) in [4.78, 5) is 11.3. The molecule has 0 aromatic carbocycles. The molecular formula is C11H19N3O3S. The number of nitrogens with zero attached hydrogens (tertiary/aromatic N) is 2. The second-order valence-electron chi connectivity index (χ2n) is 3.64. The van der Waals surface area contributed by atoms with Gasteiger partial charge in [0.25, 0.3) is 0 Å². The molecule has 1 unspecified atom stereocenters. The first kappa shape index (κ1) is 15.0. The Morgan fingerprint density at radius 1 is 1.44 bits per heavy atom. The number of hydrogen-bond acceptors (Lipinski definition) is 7. The zero-order chi connectivity index (χ0) is 13.4. The molecule has 7 heteroatoms. The van der Waals surface area contributed by atoms with Gasteiger partial charge >= 0.3 is 5.97 Å². The molecule has 0 aliphatic rings. The van der Waals surface area contributed by atoms with Crippen LogP contribution in [0.1, 0.15) is 32.0 Å². The Hall–Kier alpha value is -1.08. The van der Waals surface area contributed by atoms with E-state index in [2.05, 4.69) is 10.2 Å². The number of thioether (sulfide) groups is 1. The first-order valence-corrected chi connectivity index (χ1v) is 7.14. The monoisotopic (exact) mass is 273 g/mol. The maximum Gasteiger partial charge on any atom is 0.322 e. The molecule has 0 radical (unpaired) electrons. The molecule has 6 nitrogen and oxygen atoms in total. The lowest BCUT2D eigenvalue weighted by molar-refractivity contribution is -0.144. The number of hydrogen-bond donors (Lipinski definition) is 1. The second-order valence-corrected chi connectivity index (χ2v) is 4.75. The average Bonchev–Trinajstić information content (AvgIpc) is 2.82. The number of rotatable bonds is 8. The Morgan fingerprint density at radius 2 is 2.17 bits per heavy atom. The van der Waals surface area contributed by atoms with Crippen molar-refractivity contribution in [3.05, 3.63) is 11.8 Å². The van der Waals surface area contributed by atoms with Crippen LogP contribution in [-0.4, -0.2) is 34.6 Å². The molecule has 0 saturated heterocycles. The number of esters is 1. The maximum atomic E-state index is 11.3. The van der Waals surface area contributed by atoms with Crippen LogP contribution in [0.5, 0.6) is 0 Å². The molecule has 0 bridgehead atoms. The van der Waals surface area contributed by atoms with Crippen molar-refractivity contribution in [1.82, 2.24) is 10.2 Å². The molecule has 0 fully saturated rings. The van der Waals surface area contributed by atoms with E-state index in [1.165, 1.54) is 0 Å². The van der Waals surface area contributed by atoms with Crippen LogP contribution < -0.4 is 5.73 Å². The van der Waals surface area contributed by atoms with Crippen LogP contribution in [-0.2, 0) is 21.7 Å². The highest BCUT2D eigenvalue weighted by atomic mass is 32.2. The van der Waals surface area contributed by atoms with Gasteiger partial charge < -0.3 is 14.9 Å². The number of carbonyl (C=O) groups is 1. The van der Waals surface area contributed by atoms with Gasteiger partial charge in [0.2, 0.25) is 11.8 Å². The van der Waals surface area contributed by atoms with Gasteiger partial charge in [-0.05, 0) is 19.1 Å². The van der Waals surface area contributed by atoms with Gasteiger partial charge in [-0.1, -0.05) is 6.92 Å². The van der Waals surface area contributed by atoms with Gasteiger partial charge in [-0.15, -0.1) is 10.2 Å². The normalized spacial score (nSPS) is 12.4. The summed E-state index contributed by atoms with van der Waals surface area (Å²) in [6.07, 6.45) is 1.32. The van der Waals surface area contributed by atoms with Crippen molar-refractivity contribution in [2.45, 2.75) is 38.5 Å². The molecule has 0 spiro atoms. The molecule has 2 N–H and O–H groups in total. The number of ether oxygens (including phenoxy) is 1. The average molecular weight is 273 g/mol. The molecule has 18 heavy (non-hydrogen) atoms. The van der Waals surface area contributed by atoms with E-state index >= 15 is 0 Å². The van der Waals surface area contributed by atoms with Crippen molar-refractivity contribution in [3.8, 4) is 0 Å². The van der Waals surface area contributed by atoms with E-state index in [9.17, 15) is 4.79 Å². The van der Waals surface area contributed by atoms with Gasteiger partial charge in [0.15, 0.2) is 0 Å². The molecule has 0 aliphatic heterocycles. The Morgan fingerprint density at radius 3 is 2.78 bits per heavy atom. The summed E-state index contributed by atoms with van der Waals surface area (Å²) in [5, 5.41) is 7.78. The standard InChI is InChI=1S/C11H19N3O3S/c1-3-9-13-14-10(17-9)7-18-6-5-8(12)11(15)16-4-2/h8H,3-7,12H2,1-2H3. The van der Waals surface area contributed by atoms with Gasteiger partial charge in [0.1, 0.15) is 6.04 Å². The minimum atomic E-state index is -0.550. The zero-order valence-corrected chi connectivity index (χ0v) is 11.5. The van der Waals surface area contributed by atoms with E-state index in [1.807, 2.05) is 6.92 Å². The van der Waals surface area contributed by atoms with Crippen molar-refractivity contribution < 1.29 is 13.9 Å². The minimum Gasteiger partial charge on any atom is -0.465 e. The number of aryl methyl sites for hydroxylation is 1. The SMILES string of the molecule is CCOC(=O)C(N)CCSCc1nnc(CC)o1. The highest BCUT2D eigenvalue weighted by Crippen LogP contribution is 2.13. The summed E-state index contributed by atoms with van der Waals surface area (Å²) in [6.45, 7) is 4.09. The fourth-order valence-corrected chi connectivity index (χ4v) is 2.08. The molecule has 1 heterocycles. The van der Waals surface area contributed by atoms with Crippen molar-refractivity contribution in [2.75, 3.05) is 12.4 Å². The predicted octanol–water partition coefficient (Wildman–Crippen LogP) is 1.15. The predicted molar refractivity (Wildman–Crippen MR) is 69.1 cm³/mol. The third-order valence-electron chi connectivity index (χ3n) is 2.20. The summed E-state index contributed by atoms with van der Waals surface area (Å²) in [5.41, 5.74) is 5.67. The Labute approximate surface area is 111 Å². The molecule has 0 amide bonds. The molecule has 1 aromatic heterocycles.